The van der Waals surface area contributed by atoms with Crippen LogP contribution >= 0.6 is 0 Å². The summed E-state index contributed by atoms with van der Waals surface area (Å²) in [6, 6.07) is 4.13. The van der Waals surface area contributed by atoms with Gasteiger partial charge in [0.2, 0.25) is 5.91 Å². The molecule has 1 atom stereocenters. The molecule has 0 bridgehead atoms. The summed E-state index contributed by atoms with van der Waals surface area (Å²) in [7, 11) is 0. The lowest BCUT2D eigenvalue weighted by Gasteiger charge is -2.44. The predicted octanol–water partition coefficient (Wildman–Crippen LogP) is 2.17. The van der Waals surface area contributed by atoms with Crippen LogP contribution in [0.2, 0.25) is 0 Å². The van der Waals surface area contributed by atoms with Crippen LogP contribution in [0.1, 0.15) is 45.6 Å². The standard InChI is InChI=1S/C16H25N3O/c1-5-14(15(20)18-16(2,3)4)19-10-13(11-19)12-6-8-17-9-7-12/h6-9,13-14H,5,10-11H2,1-4H3,(H,18,20). The van der Waals surface area contributed by atoms with Crippen LogP contribution in [-0.2, 0) is 4.79 Å². The lowest BCUT2D eigenvalue weighted by Crippen LogP contribution is -2.58. The minimum atomic E-state index is -0.167. The van der Waals surface area contributed by atoms with E-state index in [0.717, 1.165) is 19.5 Å². The Morgan fingerprint density at radius 1 is 1.40 bits per heavy atom. The number of rotatable bonds is 4. The Balaban J connectivity index is 1.91. The molecule has 1 saturated heterocycles. The summed E-state index contributed by atoms with van der Waals surface area (Å²) in [5.41, 5.74) is 1.15. The Morgan fingerprint density at radius 2 is 2.00 bits per heavy atom. The van der Waals surface area contributed by atoms with Crippen molar-refractivity contribution in [2.75, 3.05) is 13.1 Å². The molecule has 4 heteroatoms. The van der Waals surface area contributed by atoms with Crippen LogP contribution in [0.25, 0.3) is 0 Å². The lowest BCUT2D eigenvalue weighted by molar-refractivity contribution is -0.130. The van der Waals surface area contributed by atoms with E-state index in [1.165, 1.54) is 5.56 Å². The number of likely N-dealkylation sites (tertiary alicyclic amines) is 1. The van der Waals surface area contributed by atoms with Crippen LogP contribution in [0, 0.1) is 0 Å². The molecule has 1 aromatic rings. The maximum Gasteiger partial charge on any atom is 0.237 e. The first kappa shape index (κ1) is 15.0. The molecular formula is C16H25N3O. The monoisotopic (exact) mass is 275 g/mol. The third-order valence-electron chi connectivity index (χ3n) is 3.72. The highest BCUT2D eigenvalue weighted by Crippen LogP contribution is 2.29. The Labute approximate surface area is 121 Å². The van der Waals surface area contributed by atoms with Gasteiger partial charge in [-0.3, -0.25) is 14.7 Å². The molecule has 1 unspecified atom stereocenters. The average Bonchev–Trinajstić information content (AvgIpc) is 2.31. The number of hydrogen-bond donors (Lipinski definition) is 1. The fourth-order valence-electron chi connectivity index (χ4n) is 2.68. The van der Waals surface area contributed by atoms with Crippen molar-refractivity contribution < 1.29 is 4.79 Å². The Bertz CT molecular complexity index is 447. The number of aromatic nitrogens is 1. The van der Waals surface area contributed by atoms with Crippen molar-refractivity contribution in [2.45, 2.75) is 51.6 Å². The van der Waals surface area contributed by atoms with Gasteiger partial charge in [-0.15, -0.1) is 0 Å². The molecule has 0 radical (unpaired) electrons. The van der Waals surface area contributed by atoms with Gasteiger partial charge in [0.15, 0.2) is 0 Å². The molecule has 0 spiro atoms. The van der Waals surface area contributed by atoms with Crippen molar-refractivity contribution in [3.63, 3.8) is 0 Å². The summed E-state index contributed by atoms with van der Waals surface area (Å²) in [5, 5.41) is 3.08. The second-order valence-corrected chi connectivity index (χ2v) is 6.59. The molecule has 0 aromatic carbocycles. The van der Waals surface area contributed by atoms with E-state index in [9.17, 15) is 4.79 Å². The van der Waals surface area contributed by atoms with Gasteiger partial charge in [0.05, 0.1) is 6.04 Å². The molecule has 110 valence electrons. The van der Waals surface area contributed by atoms with Gasteiger partial charge < -0.3 is 5.32 Å². The zero-order valence-corrected chi connectivity index (χ0v) is 12.9. The third-order valence-corrected chi connectivity index (χ3v) is 3.72. The zero-order chi connectivity index (χ0) is 14.8. The van der Waals surface area contributed by atoms with Gasteiger partial charge >= 0.3 is 0 Å². The van der Waals surface area contributed by atoms with Gasteiger partial charge in [0.1, 0.15) is 0 Å². The minimum Gasteiger partial charge on any atom is -0.350 e. The average molecular weight is 275 g/mol. The van der Waals surface area contributed by atoms with E-state index < -0.39 is 0 Å². The molecule has 1 amide bonds. The van der Waals surface area contributed by atoms with Crippen molar-refractivity contribution in [3.05, 3.63) is 30.1 Å². The van der Waals surface area contributed by atoms with Crippen LogP contribution in [0.5, 0.6) is 0 Å². The highest BCUT2D eigenvalue weighted by atomic mass is 16.2. The number of pyridine rings is 1. The highest BCUT2D eigenvalue weighted by Gasteiger charge is 2.36. The Kier molecular flexibility index (Phi) is 4.43. The first-order valence-electron chi connectivity index (χ1n) is 7.36. The predicted molar refractivity (Wildman–Crippen MR) is 80.5 cm³/mol. The van der Waals surface area contributed by atoms with Gasteiger partial charge in [0, 0.05) is 36.9 Å². The smallest absolute Gasteiger partial charge is 0.237 e. The SMILES string of the molecule is CCC(C(=O)NC(C)(C)C)N1CC(c2ccncc2)C1. The van der Waals surface area contributed by atoms with Gasteiger partial charge in [-0.25, -0.2) is 0 Å². The second kappa shape index (κ2) is 5.92. The van der Waals surface area contributed by atoms with E-state index in [0.29, 0.717) is 5.92 Å². The summed E-state index contributed by atoms with van der Waals surface area (Å²) >= 11 is 0. The fraction of sp³-hybridized carbons (Fsp3) is 0.625. The molecule has 2 rings (SSSR count). The molecule has 1 aliphatic rings. The van der Waals surface area contributed by atoms with E-state index in [-0.39, 0.29) is 17.5 Å². The van der Waals surface area contributed by atoms with Crippen molar-refractivity contribution in [1.82, 2.24) is 15.2 Å². The highest BCUT2D eigenvalue weighted by molar-refractivity contribution is 5.82. The van der Waals surface area contributed by atoms with E-state index >= 15 is 0 Å². The Hall–Kier alpha value is -1.42. The van der Waals surface area contributed by atoms with Gasteiger partial charge in [-0.05, 0) is 44.9 Å². The van der Waals surface area contributed by atoms with Gasteiger partial charge in [-0.2, -0.15) is 0 Å². The number of nitrogens with zero attached hydrogens (tertiary/aromatic N) is 2. The van der Waals surface area contributed by atoms with Crippen LogP contribution in [0.3, 0.4) is 0 Å². The van der Waals surface area contributed by atoms with Crippen LogP contribution in [0.15, 0.2) is 24.5 Å². The zero-order valence-electron chi connectivity index (χ0n) is 12.9. The summed E-state index contributed by atoms with van der Waals surface area (Å²) in [4.78, 5) is 18.6. The molecule has 1 aromatic heterocycles. The summed E-state index contributed by atoms with van der Waals surface area (Å²) < 4.78 is 0. The molecule has 4 nitrogen and oxygen atoms in total. The fourth-order valence-corrected chi connectivity index (χ4v) is 2.68. The topological polar surface area (TPSA) is 45.2 Å². The number of nitrogens with one attached hydrogen (secondary N) is 1. The molecule has 0 saturated carbocycles. The normalized spacial score (nSPS) is 18.4. The van der Waals surface area contributed by atoms with Crippen molar-refractivity contribution in [2.24, 2.45) is 0 Å². The van der Waals surface area contributed by atoms with Crippen LogP contribution < -0.4 is 5.32 Å². The molecule has 20 heavy (non-hydrogen) atoms. The van der Waals surface area contributed by atoms with Crippen molar-refractivity contribution in [3.8, 4) is 0 Å². The van der Waals surface area contributed by atoms with Gasteiger partial charge in [0.25, 0.3) is 0 Å². The molecule has 2 heterocycles. The van der Waals surface area contributed by atoms with Crippen LogP contribution in [-0.4, -0.2) is 40.5 Å². The quantitative estimate of drug-likeness (QED) is 0.916. The molecule has 1 aliphatic heterocycles. The third kappa shape index (κ3) is 3.57. The Morgan fingerprint density at radius 3 is 2.50 bits per heavy atom. The van der Waals surface area contributed by atoms with E-state index in [2.05, 4.69) is 34.3 Å². The van der Waals surface area contributed by atoms with Gasteiger partial charge in [-0.1, -0.05) is 6.92 Å². The number of hydrogen-bond acceptors (Lipinski definition) is 3. The van der Waals surface area contributed by atoms with Crippen molar-refractivity contribution >= 4 is 5.91 Å². The number of carbonyl (C=O) groups excluding carboxylic acids is 1. The summed E-state index contributed by atoms with van der Waals surface area (Å²) in [6.07, 6.45) is 4.52. The lowest BCUT2D eigenvalue weighted by atomic mass is 9.90. The van der Waals surface area contributed by atoms with E-state index in [1.54, 1.807) is 0 Å². The maximum atomic E-state index is 12.3. The molecule has 0 aliphatic carbocycles. The van der Waals surface area contributed by atoms with Crippen molar-refractivity contribution in [1.29, 1.82) is 0 Å². The molecule has 1 N–H and O–H groups in total. The van der Waals surface area contributed by atoms with E-state index in [1.807, 2.05) is 33.2 Å². The second-order valence-electron chi connectivity index (χ2n) is 6.59. The summed E-state index contributed by atoms with van der Waals surface area (Å²) in [5.74, 6) is 0.683. The minimum absolute atomic E-state index is 0.00712. The van der Waals surface area contributed by atoms with E-state index in [4.69, 9.17) is 0 Å². The molecule has 1 fully saturated rings. The molecular weight excluding hydrogens is 250 g/mol. The number of carbonyl (C=O) groups is 1. The first-order valence-corrected chi connectivity index (χ1v) is 7.36. The summed E-state index contributed by atoms with van der Waals surface area (Å²) in [6.45, 7) is 10.1. The largest absolute Gasteiger partial charge is 0.350 e. The maximum absolute atomic E-state index is 12.3. The first-order chi connectivity index (χ1) is 9.40. The number of amides is 1. The van der Waals surface area contributed by atoms with Crippen LogP contribution in [0.4, 0.5) is 0 Å².